The van der Waals surface area contributed by atoms with Gasteiger partial charge in [0, 0.05) is 13.1 Å². The second-order valence-corrected chi connectivity index (χ2v) is 5.99. The lowest BCUT2D eigenvalue weighted by Crippen LogP contribution is -2.54. The van der Waals surface area contributed by atoms with Gasteiger partial charge in [0.25, 0.3) is 0 Å². The van der Waals surface area contributed by atoms with Crippen LogP contribution in [0.5, 0.6) is 0 Å². The van der Waals surface area contributed by atoms with E-state index in [-0.39, 0.29) is 12.5 Å². The van der Waals surface area contributed by atoms with E-state index in [1.54, 1.807) is 24.1 Å². The van der Waals surface area contributed by atoms with Gasteiger partial charge >= 0.3 is 12.1 Å². The summed E-state index contributed by atoms with van der Waals surface area (Å²) in [6, 6.07) is -1.33. The van der Waals surface area contributed by atoms with Gasteiger partial charge in [0.05, 0.1) is 6.54 Å². The highest BCUT2D eigenvalue weighted by Crippen LogP contribution is 2.17. The van der Waals surface area contributed by atoms with Gasteiger partial charge in [-0.15, -0.1) is 0 Å². The van der Waals surface area contributed by atoms with Gasteiger partial charge in [0.15, 0.2) is 0 Å². The third-order valence-corrected chi connectivity index (χ3v) is 4.16. The first kappa shape index (κ1) is 20.2. The maximum atomic E-state index is 12.4. The minimum absolute atomic E-state index is 0.270. The summed E-state index contributed by atoms with van der Waals surface area (Å²) in [5.41, 5.74) is 0. The SMILES string of the molecule is CC[C@@H](C)[C@H](NC(=O)C(F)(F)F)C(=O)NCC(=O)N1CCCCC1. The summed E-state index contributed by atoms with van der Waals surface area (Å²) in [5, 5.41) is 4.05. The van der Waals surface area contributed by atoms with E-state index in [1.165, 1.54) is 0 Å². The van der Waals surface area contributed by atoms with E-state index in [1.807, 2.05) is 0 Å². The molecule has 0 aromatic rings. The van der Waals surface area contributed by atoms with Crippen molar-refractivity contribution in [3.8, 4) is 0 Å². The van der Waals surface area contributed by atoms with Gasteiger partial charge < -0.3 is 15.5 Å². The molecule has 1 saturated heterocycles. The molecule has 3 amide bonds. The molecular formula is C15H24F3N3O3. The third kappa shape index (κ3) is 6.01. The quantitative estimate of drug-likeness (QED) is 0.755. The van der Waals surface area contributed by atoms with Crippen molar-refractivity contribution in [2.45, 2.75) is 51.7 Å². The van der Waals surface area contributed by atoms with Crippen LogP contribution in [0.2, 0.25) is 0 Å². The molecule has 0 aromatic heterocycles. The Bertz CT molecular complexity index is 463. The lowest BCUT2D eigenvalue weighted by molar-refractivity contribution is -0.175. The lowest BCUT2D eigenvalue weighted by Gasteiger charge is -2.28. The van der Waals surface area contributed by atoms with Gasteiger partial charge in [-0.25, -0.2) is 0 Å². The van der Waals surface area contributed by atoms with Gasteiger partial charge in [-0.2, -0.15) is 13.2 Å². The number of carbonyl (C=O) groups excluding carboxylic acids is 3. The highest BCUT2D eigenvalue weighted by Gasteiger charge is 2.41. The second-order valence-electron chi connectivity index (χ2n) is 5.99. The van der Waals surface area contributed by atoms with E-state index < -0.39 is 30.0 Å². The Kier molecular flexibility index (Phi) is 7.50. The fraction of sp³-hybridized carbons (Fsp3) is 0.800. The summed E-state index contributed by atoms with van der Waals surface area (Å²) in [6.45, 7) is 4.22. The van der Waals surface area contributed by atoms with Gasteiger partial charge in [0.1, 0.15) is 6.04 Å². The molecule has 2 N–H and O–H groups in total. The van der Waals surface area contributed by atoms with Crippen molar-refractivity contribution in [3.63, 3.8) is 0 Å². The summed E-state index contributed by atoms with van der Waals surface area (Å²) in [6.07, 6.45) is -1.81. The Labute approximate surface area is 139 Å². The first-order chi connectivity index (χ1) is 11.2. The first-order valence-corrected chi connectivity index (χ1v) is 8.10. The number of amides is 3. The molecule has 1 heterocycles. The van der Waals surface area contributed by atoms with Crippen molar-refractivity contribution >= 4 is 17.7 Å². The zero-order valence-electron chi connectivity index (χ0n) is 13.9. The van der Waals surface area contributed by atoms with E-state index in [2.05, 4.69) is 5.32 Å². The Morgan fingerprint density at radius 3 is 2.21 bits per heavy atom. The average molecular weight is 351 g/mol. The molecule has 0 unspecified atom stereocenters. The van der Waals surface area contributed by atoms with Crippen LogP contribution in [-0.2, 0) is 14.4 Å². The number of hydrogen-bond donors (Lipinski definition) is 2. The number of carbonyl (C=O) groups is 3. The highest BCUT2D eigenvalue weighted by molar-refractivity contribution is 5.92. The minimum atomic E-state index is -5.06. The number of likely N-dealkylation sites (tertiary alicyclic amines) is 1. The molecule has 0 saturated carbocycles. The fourth-order valence-corrected chi connectivity index (χ4v) is 2.45. The normalized spacial score (nSPS) is 17.8. The number of hydrogen-bond acceptors (Lipinski definition) is 3. The van der Waals surface area contributed by atoms with Crippen molar-refractivity contribution in [2.24, 2.45) is 5.92 Å². The highest BCUT2D eigenvalue weighted by atomic mass is 19.4. The summed E-state index contributed by atoms with van der Waals surface area (Å²) >= 11 is 0. The molecule has 24 heavy (non-hydrogen) atoms. The van der Waals surface area contributed by atoms with E-state index in [0.717, 1.165) is 19.3 Å². The molecule has 6 nitrogen and oxygen atoms in total. The average Bonchev–Trinajstić information content (AvgIpc) is 2.56. The predicted molar refractivity (Wildman–Crippen MR) is 80.9 cm³/mol. The van der Waals surface area contributed by atoms with Crippen LogP contribution in [0.3, 0.4) is 0 Å². The van der Waals surface area contributed by atoms with Crippen LogP contribution < -0.4 is 10.6 Å². The molecule has 138 valence electrons. The maximum absolute atomic E-state index is 12.4. The van der Waals surface area contributed by atoms with Crippen LogP contribution in [0.1, 0.15) is 39.5 Å². The summed E-state index contributed by atoms with van der Waals surface area (Å²) in [7, 11) is 0. The van der Waals surface area contributed by atoms with Crippen LogP contribution in [0.4, 0.5) is 13.2 Å². The molecular weight excluding hydrogens is 327 g/mol. The molecule has 0 aliphatic carbocycles. The van der Waals surface area contributed by atoms with Gasteiger partial charge in [-0.3, -0.25) is 14.4 Å². The predicted octanol–water partition coefficient (Wildman–Crippen LogP) is 1.21. The Balaban J connectivity index is 2.61. The van der Waals surface area contributed by atoms with Crippen LogP contribution in [0.15, 0.2) is 0 Å². The van der Waals surface area contributed by atoms with E-state index in [0.29, 0.717) is 19.5 Å². The van der Waals surface area contributed by atoms with E-state index >= 15 is 0 Å². The Hall–Kier alpha value is -1.80. The maximum Gasteiger partial charge on any atom is 0.471 e. The molecule has 1 aliphatic rings. The largest absolute Gasteiger partial charge is 0.471 e. The van der Waals surface area contributed by atoms with Crippen LogP contribution in [-0.4, -0.2) is 54.5 Å². The van der Waals surface area contributed by atoms with Crippen LogP contribution in [0.25, 0.3) is 0 Å². The second kappa shape index (κ2) is 8.89. The smallest absolute Gasteiger partial charge is 0.345 e. The Morgan fingerprint density at radius 1 is 1.12 bits per heavy atom. The molecule has 1 aliphatic heterocycles. The molecule has 1 fully saturated rings. The van der Waals surface area contributed by atoms with Crippen molar-refractivity contribution in [1.29, 1.82) is 0 Å². The van der Waals surface area contributed by atoms with Crippen LogP contribution in [0, 0.1) is 5.92 Å². The number of rotatable bonds is 6. The third-order valence-electron chi connectivity index (χ3n) is 4.16. The number of nitrogens with zero attached hydrogens (tertiary/aromatic N) is 1. The molecule has 1 rings (SSSR count). The molecule has 0 spiro atoms. The molecule has 9 heteroatoms. The standard InChI is InChI=1S/C15H24F3N3O3/c1-3-10(2)12(20-14(24)15(16,17)18)13(23)19-9-11(22)21-7-5-4-6-8-21/h10,12H,3-9H2,1-2H3,(H,19,23)(H,20,24)/t10-,12+/m1/s1. The topological polar surface area (TPSA) is 78.5 Å². The first-order valence-electron chi connectivity index (χ1n) is 8.10. The minimum Gasteiger partial charge on any atom is -0.345 e. The van der Waals surface area contributed by atoms with Crippen molar-refractivity contribution in [2.75, 3.05) is 19.6 Å². The lowest BCUT2D eigenvalue weighted by atomic mass is 9.98. The monoisotopic (exact) mass is 351 g/mol. The zero-order chi connectivity index (χ0) is 18.3. The van der Waals surface area contributed by atoms with Gasteiger partial charge in [-0.1, -0.05) is 20.3 Å². The van der Waals surface area contributed by atoms with E-state index in [4.69, 9.17) is 0 Å². The van der Waals surface area contributed by atoms with Gasteiger partial charge in [-0.05, 0) is 25.2 Å². The summed E-state index contributed by atoms with van der Waals surface area (Å²) in [5.74, 6) is -3.72. The van der Waals surface area contributed by atoms with Gasteiger partial charge in [0.2, 0.25) is 11.8 Å². The van der Waals surface area contributed by atoms with Crippen molar-refractivity contribution in [3.05, 3.63) is 0 Å². The Morgan fingerprint density at radius 2 is 1.71 bits per heavy atom. The molecule has 0 radical (unpaired) electrons. The fourth-order valence-electron chi connectivity index (χ4n) is 2.45. The molecule has 0 bridgehead atoms. The van der Waals surface area contributed by atoms with Crippen LogP contribution >= 0.6 is 0 Å². The number of piperidine rings is 1. The number of nitrogens with one attached hydrogen (secondary N) is 2. The number of halogens is 3. The van der Waals surface area contributed by atoms with Crippen molar-refractivity contribution < 1.29 is 27.6 Å². The van der Waals surface area contributed by atoms with E-state index in [9.17, 15) is 27.6 Å². The molecule has 0 aromatic carbocycles. The number of alkyl halides is 3. The summed E-state index contributed by atoms with van der Waals surface area (Å²) < 4.78 is 37.2. The summed E-state index contributed by atoms with van der Waals surface area (Å²) in [4.78, 5) is 36.8. The zero-order valence-corrected chi connectivity index (χ0v) is 13.9. The molecule has 2 atom stereocenters. The van der Waals surface area contributed by atoms with Crippen molar-refractivity contribution in [1.82, 2.24) is 15.5 Å².